The highest BCUT2D eigenvalue weighted by molar-refractivity contribution is 6.19. The van der Waals surface area contributed by atoms with Gasteiger partial charge in [0.15, 0.2) is 0 Å². The van der Waals surface area contributed by atoms with Gasteiger partial charge in [-0.3, -0.25) is 19.3 Å². The van der Waals surface area contributed by atoms with Crippen LogP contribution in [0.3, 0.4) is 0 Å². The number of carboxylic acids is 1. The predicted molar refractivity (Wildman–Crippen MR) is 56.6 cm³/mol. The first kappa shape index (κ1) is 12.4. The number of nitrogens with zero attached hydrogens (tertiary/aromatic N) is 1. The first-order valence-electron chi connectivity index (χ1n) is 4.96. The molecule has 0 saturated heterocycles. The highest BCUT2D eigenvalue weighted by Crippen LogP contribution is 2.29. The molecule has 0 spiro atoms. The van der Waals surface area contributed by atoms with E-state index in [1.165, 1.54) is 0 Å². The van der Waals surface area contributed by atoms with Crippen LogP contribution in [0, 0.1) is 0 Å². The monoisotopic (exact) mass is 225 g/mol. The molecular formula is C11H15NO4. The van der Waals surface area contributed by atoms with E-state index in [1.807, 2.05) is 0 Å². The molecule has 0 aromatic rings. The Morgan fingerprint density at radius 2 is 1.56 bits per heavy atom. The molecule has 5 nitrogen and oxygen atoms in total. The van der Waals surface area contributed by atoms with Gasteiger partial charge in [0.1, 0.15) is 0 Å². The minimum absolute atomic E-state index is 0.259. The van der Waals surface area contributed by atoms with Gasteiger partial charge in [-0.2, -0.15) is 0 Å². The zero-order chi connectivity index (χ0) is 12.7. The number of carbonyl (C=O) groups excluding carboxylic acids is 2. The second kappa shape index (κ2) is 3.73. The second-order valence-corrected chi connectivity index (χ2v) is 4.58. The van der Waals surface area contributed by atoms with Crippen LogP contribution >= 0.6 is 0 Å². The SMILES string of the molecule is CC1=C(C)C(=O)N(C(C)(C)CC(=O)O)C1=O. The van der Waals surface area contributed by atoms with Gasteiger partial charge in [-0.1, -0.05) is 0 Å². The molecule has 16 heavy (non-hydrogen) atoms. The van der Waals surface area contributed by atoms with E-state index in [4.69, 9.17) is 5.11 Å². The van der Waals surface area contributed by atoms with Crippen molar-refractivity contribution >= 4 is 17.8 Å². The molecule has 0 radical (unpaired) electrons. The molecule has 0 atom stereocenters. The maximum absolute atomic E-state index is 11.8. The normalized spacial score (nSPS) is 17.4. The molecule has 1 aliphatic heterocycles. The minimum atomic E-state index is -1.03. The summed E-state index contributed by atoms with van der Waals surface area (Å²) in [5, 5.41) is 8.75. The fourth-order valence-corrected chi connectivity index (χ4v) is 1.75. The fourth-order valence-electron chi connectivity index (χ4n) is 1.75. The second-order valence-electron chi connectivity index (χ2n) is 4.58. The summed E-state index contributed by atoms with van der Waals surface area (Å²) in [5.41, 5.74) is -0.217. The topological polar surface area (TPSA) is 74.7 Å². The van der Waals surface area contributed by atoms with Gasteiger partial charge in [0.2, 0.25) is 0 Å². The van der Waals surface area contributed by atoms with Crippen LogP contribution in [-0.2, 0) is 14.4 Å². The molecule has 0 aromatic carbocycles. The lowest BCUT2D eigenvalue weighted by Crippen LogP contribution is -2.49. The third-order valence-corrected chi connectivity index (χ3v) is 2.80. The summed E-state index contributed by atoms with van der Waals surface area (Å²) in [6.45, 7) is 6.30. The first-order valence-corrected chi connectivity index (χ1v) is 4.96. The number of amides is 2. The van der Waals surface area contributed by atoms with Crippen molar-refractivity contribution in [3.63, 3.8) is 0 Å². The number of aliphatic carboxylic acids is 1. The number of hydrogen-bond acceptors (Lipinski definition) is 3. The van der Waals surface area contributed by atoms with E-state index in [2.05, 4.69) is 0 Å². The van der Waals surface area contributed by atoms with Crippen LogP contribution in [0.15, 0.2) is 11.1 Å². The summed E-state index contributed by atoms with van der Waals surface area (Å²) in [7, 11) is 0. The van der Waals surface area contributed by atoms with Crippen LogP contribution in [0.5, 0.6) is 0 Å². The molecule has 0 bridgehead atoms. The van der Waals surface area contributed by atoms with Gasteiger partial charge in [-0.25, -0.2) is 0 Å². The third kappa shape index (κ3) is 1.85. The zero-order valence-corrected chi connectivity index (χ0v) is 9.83. The van der Waals surface area contributed by atoms with Crippen molar-refractivity contribution < 1.29 is 19.5 Å². The highest BCUT2D eigenvalue weighted by Gasteiger charge is 2.43. The molecule has 0 fully saturated rings. The van der Waals surface area contributed by atoms with Crippen molar-refractivity contribution in [1.29, 1.82) is 0 Å². The number of imide groups is 1. The van der Waals surface area contributed by atoms with Gasteiger partial charge in [0.05, 0.1) is 12.0 Å². The maximum atomic E-state index is 11.8. The molecule has 0 saturated carbocycles. The highest BCUT2D eigenvalue weighted by atomic mass is 16.4. The average molecular weight is 225 g/mol. The molecule has 1 N–H and O–H groups in total. The van der Waals surface area contributed by atoms with Crippen molar-refractivity contribution in [2.24, 2.45) is 0 Å². The largest absolute Gasteiger partial charge is 0.481 e. The van der Waals surface area contributed by atoms with Gasteiger partial charge < -0.3 is 5.11 Å². The Morgan fingerprint density at radius 3 is 1.88 bits per heavy atom. The van der Waals surface area contributed by atoms with Crippen molar-refractivity contribution in [2.75, 3.05) is 0 Å². The molecule has 0 aromatic heterocycles. The summed E-state index contributed by atoms with van der Waals surface area (Å²) >= 11 is 0. The van der Waals surface area contributed by atoms with Crippen molar-refractivity contribution in [3.8, 4) is 0 Å². The maximum Gasteiger partial charge on any atom is 0.305 e. The third-order valence-electron chi connectivity index (χ3n) is 2.80. The molecule has 1 aliphatic rings. The molecule has 0 aliphatic carbocycles. The standard InChI is InChI=1S/C11H15NO4/c1-6-7(2)10(16)12(9(6)15)11(3,4)5-8(13)14/h5H2,1-4H3,(H,13,14). The van der Waals surface area contributed by atoms with Crippen LogP contribution in [-0.4, -0.2) is 33.3 Å². The number of rotatable bonds is 3. The molecular weight excluding hydrogens is 210 g/mol. The smallest absolute Gasteiger partial charge is 0.305 e. The van der Waals surface area contributed by atoms with Crippen molar-refractivity contribution in [2.45, 2.75) is 39.7 Å². The van der Waals surface area contributed by atoms with Gasteiger partial charge in [0, 0.05) is 11.1 Å². The van der Waals surface area contributed by atoms with E-state index < -0.39 is 23.3 Å². The Bertz CT molecular complexity index is 382. The van der Waals surface area contributed by atoms with E-state index in [-0.39, 0.29) is 6.42 Å². The van der Waals surface area contributed by atoms with Crippen LogP contribution in [0.25, 0.3) is 0 Å². The molecule has 5 heteroatoms. The Balaban J connectivity index is 3.05. The van der Waals surface area contributed by atoms with Crippen molar-refractivity contribution in [3.05, 3.63) is 11.1 Å². The lowest BCUT2D eigenvalue weighted by Gasteiger charge is -2.32. The minimum Gasteiger partial charge on any atom is -0.481 e. The van der Waals surface area contributed by atoms with Gasteiger partial charge in [-0.15, -0.1) is 0 Å². The lowest BCUT2D eigenvalue weighted by molar-refractivity contribution is -0.147. The Hall–Kier alpha value is -1.65. The van der Waals surface area contributed by atoms with Gasteiger partial charge in [0.25, 0.3) is 11.8 Å². The Kier molecular flexibility index (Phi) is 2.90. The number of carbonyl (C=O) groups is 3. The van der Waals surface area contributed by atoms with Gasteiger partial charge in [-0.05, 0) is 27.7 Å². The average Bonchev–Trinajstić information content (AvgIpc) is 2.29. The summed E-state index contributed by atoms with van der Waals surface area (Å²) < 4.78 is 0. The summed E-state index contributed by atoms with van der Waals surface area (Å²) in [6.07, 6.45) is -0.259. The molecule has 1 rings (SSSR count). The van der Waals surface area contributed by atoms with E-state index in [1.54, 1.807) is 27.7 Å². The molecule has 88 valence electrons. The van der Waals surface area contributed by atoms with E-state index >= 15 is 0 Å². The summed E-state index contributed by atoms with van der Waals surface area (Å²) in [4.78, 5) is 35.3. The number of carboxylic acid groups (broad SMARTS) is 1. The summed E-state index contributed by atoms with van der Waals surface area (Å²) in [6, 6.07) is 0. The van der Waals surface area contributed by atoms with Crippen LogP contribution in [0.2, 0.25) is 0 Å². The van der Waals surface area contributed by atoms with E-state index in [9.17, 15) is 14.4 Å². The van der Waals surface area contributed by atoms with Crippen LogP contribution in [0.4, 0.5) is 0 Å². The molecule has 1 heterocycles. The summed E-state index contributed by atoms with van der Waals surface area (Å²) in [5.74, 6) is -1.82. The van der Waals surface area contributed by atoms with Crippen LogP contribution in [0.1, 0.15) is 34.1 Å². The number of hydrogen-bond donors (Lipinski definition) is 1. The van der Waals surface area contributed by atoms with Crippen molar-refractivity contribution in [1.82, 2.24) is 4.90 Å². The molecule has 2 amide bonds. The van der Waals surface area contributed by atoms with E-state index in [0.29, 0.717) is 11.1 Å². The van der Waals surface area contributed by atoms with Gasteiger partial charge >= 0.3 is 5.97 Å². The Morgan fingerprint density at radius 1 is 1.19 bits per heavy atom. The predicted octanol–water partition coefficient (Wildman–Crippen LogP) is 0.945. The fraction of sp³-hybridized carbons (Fsp3) is 0.545. The first-order chi connectivity index (χ1) is 7.18. The van der Waals surface area contributed by atoms with E-state index in [0.717, 1.165) is 4.90 Å². The molecule has 0 unspecified atom stereocenters. The lowest BCUT2D eigenvalue weighted by atomic mass is 9.98. The van der Waals surface area contributed by atoms with Crippen LogP contribution < -0.4 is 0 Å². The Labute approximate surface area is 93.7 Å². The zero-order valence-electron chi connectivity index (χ0n) is 9.83. The quantitative estimate of drug-likeness (QED) is 0.725.